The van der Waals surface area contributed by atoms with E-state index in [1.165, 1.54) is 0 Å². The molecule has 2 aromatic rings. The molecule has 1 aromatic heterocycles. The molecule has 3 heteroatoms. The molecular weight excluding hydrogens is 345 g/mol. The second kappa shape index (κ2) is 6.77. The Balaban J connectivity index is 0.00000144. The monoisotopic (exact) mass is 357 g/mol. The van der Waals surface area contributed by atoms with Crippen LogP contribution in [0.3, 0.4) is 0 Å². The SMILES string of the molecule is C[n+]1ccccc1/C=C/c1ccc(Cl)cc1.[I-]. The summed E-state index contributed by atoms with van der Waals surface area (Å²) in [5, 5.41) is 0.766. The first-order valence-electron chi connectivity index (χ1n) is 5.14. The second-order valence-corrected chi connectivity index (χ2v) is 4.06. The van der Waals surface area contributed by atoms with E-state index in [1.54, 1.807) is 0 Å². The average molecular weight is 358 g/mol. The maximum atomic E-state index is 5.83. The largest absolute Gasteiger partial charge is 1.00 e. The van der Waals surface area contributed by atoms with Crippen LogP contribution in [0, 0.1) is 0 Å². The van der Waals surface area contributed by atoms with E-state index in [1.807, 2.05) is 49.6 Å². The highest BCUT2D eigenvalue weighted by Crippen LogP contribution is 2.11. The van der Waals surface area contributed by atoms with Gasteiger partial charge in [0.25, 0.3) is 0 Å². The van der Waals surface area contributed by atoms with Crippen LogP contribution in [0.15, 0.2) is 48.7 Å². The van der Waals surface area contributed by atoms with E-state index in [0.29, 0.717) is 0 Å². The lowest BCUT2D eigenvalue weighted by molar-refractivity contribution is -0.673. The van der Waals surface area contributed by atoms with Crippen LogP contribution in [0.1, 0.15) is 11.3 Å². The van der Waals surface area contributed by atoms with Crippen LogP contribution in [-0.4, -0.2) is 0 Å². The Labute approximate surface area is 124 Å². The van der Waals surface area contributed by atoms with Crippen molar-refractivity contribution in [1.29, 1.82) is 0 Å². The van der Waals surface area contributed by atoms with Gasteiger partial charge in [0.15, 0.2) is 6.20 Å². The van der Waals surface area contributed by atoms with Gasteiger partial charge in [-0.3, -0.25) is 0 Å². The molecule has 0 aliphatic rings. The van der Waals surface area contributed by atoms with Crippen LogP contribution >= 0.6 is 11.6 Å². The van der Waals surface area contributed by atoms with Gasteiger partial charge in [-0.1, -0.05) is 23.7 Å². The minimum absolute atomic E-state index is 0. The highest BCUT2D eigenvalue weighted by Gasteiger charge is 1.98. The van der Waals surface area contributed by atoms with E-state index in [-0.39, 0.29) is 24.0 Å². The fraction of sp³-hybridized carbons (Fsp3) is 0.0714. The Morgan fingerprint density at radius 3 is 2.35 bits per heavy atom. The molecule has 0 radical (unpaired) electrons. The lowest BCUT2D eigenvalue weighted by atomic mass is 10.2. The first-order chi connectivity index (χ1) is 7.75. The van der Waals surface area contributed by atoms with Crippen LogP contribution in [0.2, 0.25) is 5.02 Å². The number of hydrogen-bond acceptors (Lipinski definition) is 0. The zero-order chi connectivity index (χ0) is 11.4. The summed E-state index contributed by atoms with van der Waals surface area (Å²) in [4.78, 5) is 0. The molecule has 0 unspecified atom stereocenters. The summed E-state index contributed by atoms with van der Waals surface area (Å²) in [6.07, 6.45) is 6.19. The van der Waals surface area contributed by atoms with Crippen LogP contribution in [0.5, 0.6) is 0 Å². The minimum Gasteiger partial charge on any atom is -1.00 e. The van der Waals surface area contributed by atoms with Crippen molar-refractivity contribution in [1.82, 2.24) is 0 Å². The van der Waals surface area contributed by atoms with Crippen molar-refractivity contribution in [3.63, 3.8) is 0 Å². The summed E-state index contributed by atoms with van der Waals surface area (Å²) in [6.45, 7) is 0. The number of pyridine rings is 1. The van der Waals surface area contributed by atoms with E-state index in [4.69, 9.17) is 11.6 Å². The number of benzene rings is 1. The van der Waals surface area contributed by atoms with Crippen molar-refractivity contribution >= 4 is 23.8 Å². The Bertz CT molecular complexity index is 506. The van der Waals surface area contributed by atoms with Gasteiger partial charge < -0.3 is 24.0 Å². The third kappa shape index (κ3) is 4.13. The molecule has 0 amide bonds. The van der Waals surface area contributed by atoms with E-state index in [9.17, 15) is 0 Å². The zero-order valence-electron chi connectivity index (χ0n) is 9.48. The average Bonchev–Trinajstić information content (AvgIpc) is 2.30. The summed E-state index contributed by atoms with van der Waals surface area (Å²) in [5.41, 5.74) is 2.31. The van der Waals surface area contributed by atoms with Crippen LogP contribution in [0.25, 0.3) is 12.2 Å². The van der Waals surface area contributed by atoms with Crippen LogP contribution in [-0.2, 0) is 7.05 Å². The fourth-order valence-electron chi connectivity index (χ4n) is 1.47. The van der Waals surface area contributed by atoms with Gasteiger partial charge in [-0.2, -0.15) is 0 Å². The quantitative estimate of drug-likeness (QED) is 0.539. The molecule has 0 saturated carbocycles. The molecule has 1 aromatic carbocycles. The van der Waals surface area contributed by atoms with E-state index < -0.39 is 0 Å². The fourth-order valence-corrected chi connectivity index (χ4v) is 1.59. The number of aryl methyl sites for hydroxylation is 1. The third-order valence-corrected chi connectivity index (χ3v) is 2.66. The van der Waals surface area contributed by atoms with Gasteiger partial charge in [-0.05, 0) is 29.8 Å². The summed E-state index contributed by atoms with van der Waals surface area (Å²) >= 11 is 5.83. The lowest BCUT2D eigenvalue weighted by Gasteiger charge is -1.94. The molecular formula is C14H13ClIN. The Morgan fingerprint density at radius 1 is 1.00 bits per heavy atom. The van der Waals surface area contributed by atoms with Gasteiger partial charge in [-0.15, -0.1) is 0 Å². The zero-order valence-corrected chi connectivity index (χ0v) is 12.4. The summed E-state index contributed by atoms with van der Waals surface area (Å²) < 4.78 is 2.08. The van der Waals surface area contributed by atoms with E-state index >= 15 is 0 Å². The summed E-state index contributed by atoms with van der Waals surface area (Å²) in [7, 11) is 2.03. The van der Waals surface area contributed by atoms with Gasteiger partial charge in [0.1, 0.15) is 7.05 Å². The van der Waals surface area contributed by atoms with Crippen LogP contribution < -0.4 is 28.5 Å². The van der Waals surface area contributed by atoms with Gasteiger partial charge in [0.2, 0.25) is 5.69 Å². The molecule has 0 atom stereocenters. The molecule has 0 spiro atoms. The minimum atomic E-state index is 0. The van der Waals surface area contributed by atoms with Gasteiger partial charge >= 0.3 is 0 Å². The molecule has 17 heavy (non-hydrogen) atoms. The molecule has 88 valence electrons. The smallest absolute Gasteiger partial charge is 0.204 e. The van der Waals surface area contributed by atoms with Crippen molar-refractivity contribution in [3.05, 3.63) is 64.9 Å². The predicted molar refractivity (Wildman–Crippen MR) is 68.0 cm³/mol. The first kappa shape index (κ1) is 14.2. The Hall–Kier alpha value is -0.870. The molecule has 0 N–H and O–H groups in total. The standard InChI is InChI=1S/C14H13ClN.HI/c1-16-11-3-2-4-14(16)10-7-12-5-8-13(15)9-6-12;/h2-11H,1H3;1H/q+1;/p-1/b10-7+;. The highest BCUT2D eigenvalue weighted by atomic mass is 127. The van der Waals surface area contributed by atoms with Crippen molar-refractivity contribution in [2.24, 2.45) is 7.05 Å². The van der Waals surface area contributed by atoms with Crippen LogP contribution in [0.4, 0.5) is 0 Å². The molecule has 0 aliphatic carbocycles. The van der Waals surface area contributed by atoms with Crippen molar-refractivity contribution in [2.75, 3.05) is 0 Å². The molecule has 1 nitrogen and oxygen atoms in total. The predicted octanol–water partition coefficient (Wildman–Crippen LogP) is 0.339. The second-order valence-electron chi connectivity index (χ2n) is 3.62. The van der Waals surface area contributed by atoms with Crippen molar-refractivity contribution in [3.8, 4) is 0 Å². The summed E-state index contributed by atoms with van der Waals surface area (Å²) in [5.74, 6) is 0. The molecule has 0 fully saturated rings. The van der Waals surface area contributed by atoms with Gasteiger partial charge in [0, 0.05) is 23.2 Å². The van der Waals surface area contributed by atoms with E-state index in [2.05, 4.69) is 22.8 Å². The molecule has 2 rings (SSSR count). The van der Waals surface area contributed by atoms with Crippen molar-refractivity contribution < 1.29 is 28.5 Å². The third-order valence-electron chi connectivity index (χ3n) is 2.41. The van der Waals surface area contributed by atoms with Crippen molar-refractivity contribution in [2.45, 2.75) is 0 Å². The lowest BCUT2D eigenvalue weighted by Crippen LogP contribution is -3.00. The normalized spacial score (nSPS) is 10.2. The summed E-state index contributed by atoms with van der Waals surface area (Å²) in [6, 6.07) is 13.9. The number of halogens is 2. The highest BCUT2D eigenvalue weighted by molar-refractivity contribution is 6.30. The molecule has 0 aliphatic heterocycles. The number of hydrogen-bond donors (Lipinski definition) is 0. The number of nitrogens with zero attached hydrogens (tertiary/aromatic N) is 1. The molecule has 0 bridgehead atoms. The molecule has 1 heterocycles. The molecule has 0 saturated heterocycles. The first-order valence-corrected chi connectivity index (χ1v) is 5.52. The Kier molecular flexibility index (Phi) is 5.65. The van der Waals surface area contributed by atoms with E-state index in [0.717, 1.165) is 16.3 Å². The number of rotatable bonds is 2. The van der Waals surface area contributed by atoms with Gasteiger partial charge in [-0.25, -0.2) is 4.57 Å². The Morgan fingerprint density at radius 2 is 1.71 bits per heavy atom. The topological polar surface area (TPSA) is 3.88 Å². The number of aromatic nitrogens is 1. The maximum Gasteiger partial charge on any atom is 0.204 e. The van der Waals surface area contributed by atoms with Gasteiger partial charge in [0.05, 0.1) is 0 Å². The maximum absolute atomic E-state index is 5.83.